The number of halogens is 1. The van der Waals surface area contributed by atoms with Gasteiger partial charge in [-0.15, -0.1) is 0 Å². The molecule has 2 aliphatic rings. The molecule has 0 saturated heterocycles. The molecule has 0 unspecified atom stereocenters. The minimum absolute atomic E-state index is 0.00627. The minimum Gasteiger partial charge on any atom is -0.493 e. The number of Topliss-reactive ketones (excluding diaryl/α,β-unsaturated/α-hetero) is 1. The van der Waals surface area contributed by atoms with Gasteiger partial charge in [-0.05, 0) is 61.1 Å². The van der Waals surface area contributed by atoms with E-state index in [0.29, 0.717) is 59.2 Å². The van der Waals surface area contributed by atoms with Gasteiger partial charge in [0.05, 0.1) is 26.4 Å². The number of carbonyl (C=O) groups is 2. The molecule has 1 aliphatic carbocycles. The molecule has 184 valence electrons. The number of carbonyl (C=O) groups excluding carboxylic acids is 2. The van der Waals surface area contributed by atoms with Crippen molar-refractivity contribution in [1.82, 2.24) is 5.32 Å². The van der Waals surface area contributed by atoms with Gasteiger partial charge in [-0.25, -0.2) is 4.79 Å². The first-order chi connectivity index (χ1) is 16.9. The van der Waals surface area contributed by atoms with Crippen molar-refractivity contribution in [2.75, 3.05) is 20.8 Å². The molecule has 1 heterocycles. The van der Waals surface area contributed by atoms with Crippen LogP contribution in [0.3, 0.4) is 0 Å². The van der Waals surface area contributed by atoms with E-state index in [2.05, 4.69) is 5.32 Å². The number of hydrogen-bond acceptors (Lipinski definition) is 6. The smallest absolute Gasteiger partial charge is 0.336 e. The molecule has 2 aromatic carbocycles. The minimum atomic E-state index is -0.561. The van der Waals surface area contributed by atoms with Crippen molar-refractivity contribution in [1.29, 1.82) is 0 Å². The van der Waals surface area contributed by atoms with Crippen LogP contribution in [0.25, 0.3) is 0 Å². The molecular weight excluding hydrogens is 466 g/mol. The first-order valence-electron chi connectivity index (χ1n) is 11.8. The van der Waals surface area contributed by atoms with Crippen LogP contribution < -0.4 is 14.8 Å². The Morgan fingerprint density at radius 3 is 2.37 bits per heavy atom. The predicted octanol–water partition coefficient (Wildman–Crippen LogP) is 5.67. The summed E-state index contributed by atoms with van der Waals surface area (Å²) >= 11 is 6.07. The Bertz CT molecular complexity index is 1200. The van der Waals surface area contributed by atoms with Crippen LogP contribution in [0.4, 0.5) is 0 Å². The molecule has 0 aromatic heterocycles. The molecule has 0 fully saturated rings. The van der Waals surface area contributed by atoms with Gasteiger partial charge in [-0.1, -0.05) is 36.7 Å². The van der Waals surface area contributed by atoms with E-state index in [1.54, 1.807) is 20.3 Å². The quantitative estimate of drug-likeness (QED) is 0.499. The monoisotopic (exact) mass is 495 g/mol. The number of ether oxygens (including phenoxy) is 3. The molecule has 0 radical (unpaired) electrons. The van der Waals surface area contributed by atoms with Gasteiger partial charge in [-0.3, -0.25) is 4.79 Å². The highest BCUT2D eigenvalue weighted by molar-refractivity contribution is 6.30. The molecular formula is C28H30ClNO5. The van der Waals surface area contributed by atoms with Gasteiger partial charge in [0.1, 0.15) is 0 Å². The lowest BCUT2D eigenvalue weighted by Gasteiger charge is -2.36. The highest BCUT2D eigenvalue weighted by atomic mass is 35.5. The van der Waals surface area contributed by atoms with Crippen molar-refractivity contribution in [3.05, 3.63) is 81.2 Å². The Kier molecular flexibility index (Phi) is 7.51. The summed E-state index contributed by atoms with van der Waals surface area (Å²) in [7, 11) is 3.14. The van der Waals surface area contributed by atoms with Gasteiger partial charge in [0.25, 0.3) is 0 Å². The fourth-order valence-electron chi connectivity index (χ4n) is 4.92. The van der Waals surface area contributed by atoms with E-state index in [1.807, 2.05) is 50.2 Å². The van der Waals surface area contributed by atoms with Gasteiger partial charge in [-0.2, -0.15) is 0 Å². The van der Waals surface area contributed by atoms with Crippen LogP contribution in [-0.2, 0) is 14.3 Å². The fraction of sp³-hybridized carbons (Fsp3) is 0.357. The molecule has 35 heavy (non-hydrogen) atoms. The molecule has 2 atom stereocenters. The van der Waals surface area contributed by atoms with Crippen LogP contribution in [-0.4, -0.2) is 32.6 Å². The zero-order valence-electron chi connectivity index (χ0n) is 20.4. The number of rotatable bonds is 7. The SMILES string of the molecule is CCCOC(=O)C1=C(C)NC2=C(C(=O)C[C@@H](c3ccc(Cl)cc3)C2)[C@H]1c1ccc(OC)c(OC)c1. The molecule has 1 aliphatic heterocycles. The van der Waals surface area contributed by atoms with Crippen molar-refractivity contribution in [3.63, 3.8) is 0 Å². The average molecular weight is 496 g/mol. The average Bonchev–Trinajstić information content (AvgIpc) is 2.86. The summed E-state index contributed by atoms with van der Waals surface area (Å²) in [6.07, 6.45) is 1.71. The molecule has 0 bridgehead atoms. The number of allylic oxidation sites excluding steroid dienone is 3. The van der Waals surface area contributed by atoms with Crippen LogP contribution in [0.2, 0.25) is 5.02 Å². The topological polar surface area (TPSA) is 73.9 Å². The Morgan fingerprint density at radius 1 is 1.03 bits per heavy atom. The van der Waals surface area contributed by atoms with E-state index in [4.69, 9.17) is 25.8 Å². The summed E-state index contributed by atoms with van der Waals surface area (Å²) in [4.78, 5) is 26.9. The van der Waals surface area contributed by atoms with E-state index in [0.717, 1.165) is 16.8 Å². The van der Waals surface area contributed by atoms with Crippen LogP contribution in [0, 0.1) is 0 Å². The summed E-state index contributed by atoms with van der Waals surface area (Å²) in [5.74, 6) is 0.162. The third kappa shape index (κ3) is 4.94. The number of esters is 1. The summed E-state index contributed by atoms with van der Waals surface area (Å²) in [6, 6.07) is 13.1. The van der Waals surface area contributed by atoms with Crippen molar-refractivity contribution < 1.29 is 23.8 Å². The normalized spacial score (nSPS) is 19.7. The van der Waals surface area contributed by atoms with Crippen LogP contribution in [0.15, 0.2) is 65.0 Å². The third-order valence-electron chi connectivity index (χ3n) is 6.57. The zero-order valence-corrected chi connectivity index (χ0v) is 21.2. The second-order valence-corrected chi connectivity index (χ2v) is 9.26. The third-order valence-corrected chi connectivity index (χ3v) is 6.82. The standard InChI is InChI=1S/C28H30ClNO5/c1-5-12-35-28(32)25-16(2)30-21-13-19(17-6-9-20(29)10-7-17)14-22(31)27(21)26(25)18-8-11-23(33-3)24(15-18)34-4/h6-11,15,19,26,30H,5,12-14H2,1-4H3/t19-,26-/m0/s1. The highest BCUT2D eigenvalue weighted by Crippen LogP contribution is 2.47. The number of methoxy groups -OCH3 is 2. The molecule has 2 aromatic rings. The maximum Gasteiger partial charge on any atom is 0.336 e. The van der Waals surface area contributed by atoms with Crippen molar-refractivity contribution in [3.8, 4) is 11.5 Å². The largest absolute Gasteiger partial charge is 0.493 e. The van der Waals surface area contributed by atoms with Gasteiger partial charge in [0, 0.05) is 34.3 Å². The number of dihydropyridines is 1. The summed E-state index contributed by atoms with van der Waals surface area (Å²) < 4.78 is 16.4. The molecule has 0 saturated carbocycles. The van der Waals surface area contributed by atoms with E-state index in [9.17, 15) is 9.59 Å². The number of ketones is 1. The zero-order chi connectivity index (χ0) is 25.1. The van der Waals surface area contributed by atoms with E-state index >= 15 is 0 Å². The second kappa shape index (κ2) is 10.6. The Morgan fingerprint density at radius 2 is 1.71 bits per heavy atom. The molecule has 1 N–H and O–H groups in total. The maximum atomic E-state index is 13.7. The highest BCUT2D eigenvalue weighted by Gasteiger charge is 2.41. The van der Waals surface area contributed by atoms with Crippen molar-refractivity contribution >= 4 is 23.4 Å². The fourth-order valence-corrected chi connectivity index (χ4v) is 5.04. The molecule has 7 heteroatoms. The molecule has 0 amide bonds. The van der Waals surface area contributed by atoms with E-state index < -0.39 is 11.9 Å². The lowest BCUT2D eigenvalue weighted by molar-refractivity contribution is -0.139. The summed E-state index contributed by atoms with van der Waals surface area (Å²) in [6.45, 7) is 4.12. The lowest BCUT2D eigenvalue weighted by Crippen LogP contribution is -2.36. The molecule has 4 rings (SSSR count). The molecule has 6 nitrogen and oxygen atoms in total. The Hall–Kier alpha value is -3.25. The maximum absolute atomic E-state index is 13.7. The number of hydrogen-bond donors (Lipinski definition) is 1. The second-order valence-electron chi connectivity index (χ2n) is 8.82. The van der Waals surface area contributed by atoms with Gasteiger partial charge in [0.15, 0.2) is 17.3 Å². The first kappa shape index (κ1) is 24.9. The van der Waals surface area contributed by atoms with Gasteiger partial charge < -0.3 is 19.5 Å². The number of nitrogens with one attached hydrogen (secondary N) is 1. The summed E-state index contributed by atoms with van der Waals surface area (Å²) in [5, 5.41) is 4.03. The lowest BCUT2D eigenvalue weighted by atomic mass is 9.71. The Balaban J connectivity index is 1.80. The predicted molar refractivity (Wildman–Crippen MR) is 135 cm³/mol. The van der Waals surface area contributed by atoms with Crippen LogP contribution in [0.5, 0.6) is 11.5 Å². The van der Waals surface area contributed by atoms with Crippen LogP contribution in [0.1, 0.15) is 56.1 Å². The van der Waals surface area contributed by atoms with Gasteiger partial charge >= 0.3 is 5.97 Å². The van der Waals surface area contributed by atoms with Gasteiger partial charge in [0.2, 0.25) is 0 Å². The van der Waals surface area contributed by atoms with E-state index in [1.165, 1.54) is 0 Å². The molecule has 0 spiro atoms. The van der Waals surface area contributed by atoms with Crippen molar-refractivity contribution in [2.24, 2.45) is 0 Å². The summed E-state index contributed by atoms with van der Waals surface area (Å²) in [5.41, 5.74) is 4.42. The first-order valence-corrected chi connectivity index (χ1v) is 12.1. The Labute approximate surface area is 210 Å². The van der Waals surface area contributed by atoms with Crippen molar-refractivity contribution in [2.45, 2.75) is 44.9 Å². The van der Waals surface area contributed by atoms with Crippen LogP contribution >= 0.6 is 11.6 Å². The van der Waals surface area contributed by atoms with E-state index in [-0.39, 0.29) is 11.7 Å². The number of benzene rings is 2.